The topological polar surface area (TPSA) is 31.4 Å². The summed E-state index contributed by atoms with van der Waals surface area (Å²) in [5.41, 5.74) is 2.63. The number of hydrogen-bond acceptors (Lipinski definition) is 3. The number of aromatic nitrogens is 1. The van der Waals surface area contributed by atoms with Crippen LogP contribution in [0.15, 0.2) is 66.9 Å². The van der Waals surface area contributed by atoms with E-state index >= 15 is 0 Å². The van der Waals surface area contributed by atoms with Crippen LogP contribution in [0.2, 0.25) is 0 Å². The molecule has 0 N–H and O–H groups in total. The van der Waals surface area contributed by atoms with Gasteiger partial charge in [0.15, 0.2) is 11.6 Å². The van der Waals surface area contributed by atoms with E-state index in [0.29, 0.717) is 18.1 Å². The van der Waals surface area contributed by atoms with Gasteiger partial charge in [0, 0.05) is 12.3 Å². The second kappa shape index (κ2) is 7.59. The van der Waals surface area contributed by atoms with E-state index in [9.17, 15) is 4.39 Å². The molecule has 0 saturated carbocycles. The summed E-state index contributed by atoms with van der Waals surface area (Å²) in [5, 5.41) is 0. The molecule has 0 unspecified atom stereocenters. The first-order valence-corrected chi connectivity index (χ1v) is 7.71. The lowest BCUT2D eigenvalue weighted by Crippen LogP contribution is -2.01. The average Bonchev–Trinajstić information content (AvgIpc) is 2.60. The lowest BCUT2D eigenvalue weighted by molar-refractivity contribution is 0.281. The Kier molecular flexibility index (Phi) is 5.06. The molecule has 3 nitrogen and oxygen atoms in total. The van der Waals surface area contributed by atoms with Crippen LogP contribution in [0.1, 0.15) is 16.8 Å². The van der Waals surface area contributed by atoms with E-state index in [4.69, 9.17) is 9.47 Å². The summed E-state index contributed by atoms with van der Waals surface area (Å²) in [6.45, 7) is 2.50. The predicted molar refractivity (Wildman–Crippen MR) is 90.5 cm³/mol. The molecule has 2 aromatic carbocycles. The number of aryl methyl sites for hydroxylation is 1. The number of pyridine rings is 1. The monoisotopic (exact) mass is 323 g/mol. The molecule has 0 saturated heterocycles. The van der Waals surface area contributed by atoms with Gasteiger partial charge in [-0.1, -0.05) is 36.4 Å². The molecule has 0 atom stereocenters. The maximum absolute atomic E-state index is 13.8. The van der Waals surface area contributed by atoms with Gasteiger partial charge in [-0.2, -0.15) is 0 Å². The molecule has 0 aliphatic carbocycles. The largest absolute Gasteiger partial charge is 0.489 e. The second-order valence-corrected chi connectivity index (χ2v) is 5.48. The van der Waals surface area contributed by atoms with Crippen molar-refractivity contribution in [1.82, 2.24) is 4.98 Å². The lowest BCUT2D eigenvalue weighted by Gasteiger charge is -2.09. The van der Waals surface area contributed by atoms with Crippen LogP contribution in [0.3, 0.4) is 0 Å². The number of hydrogen-bond donors (Lipinski definition) is 0. The van der Waals surface area contributed by atoms with Gasteiger partial charge in [0.2, 0.25) is 0 Å². The van der Waals surface area contributed by atoms with E-state index in [1.807, 2.05) is 43.3 Å². The van der Waals surface area contributed by atoms with Crippen LogP contribution in [0, 0.1) is 12.7 Å². The first-order chi connectivity index (χ1) is 11.7. The second-order valence-electron chi connectivity index (χ2n) is 5.48. The van der Waals surface area contributed by atoms with Crippen molar-refractivity contribution in [3.05, 3.63) is 89.5 Å². The van der Waals surface area contributed by atoms with Crippen molar-refractivity contribution in [1.29, 1.82) is 0 Å². The van der Waals surface area contributed by atoms with Crippen LogP contribution in [0.4, 0.5) is 4.39 Å². The van der Waals surface area contributed by atoms with Crippen LogP contribution in [-0.2, 0) is 13.2 Å². The van der Waals surface area contributed by atoms with Crippen molar-refractivity contribution >= 4 is 0 Å². The van der Waals surface area contributed by atoms with Gasteiger partial charge in [0.1, 0.15) is 19.0 Å². The third-order valence-corrected chi connectivity index (χ3v) is 3.50. The summed E-state index contributed by atoms with van der Waals surface area (Å²) in [6, 6.07) is 18.4. The summed E-state index contributed by atoms with van der Waals surface area (Å²) in [7, 11) is 0. The molecule has 0 aliphatic heterocycles. The molecule has 1 aromatic heterocycles. The van der Waals surface area contributed by atoms with Gasteiger partial charge in [-0.25, -0.2) is 4.39 Å². The van der Waals surface area contributed by atoms with Gasteiger partial charge in [0.25, 0.3) is 0 Å². The zero-order valence-corrected chi connectivity index (χ0v) is 13.4. The van der Waals surface area contributed by atoms with Crippen molar-refractivity contribution in [3.63, 3.8) is 0 Å². The molecule has 1 heterocycles. The summed E-state index contributed by atoms with van der Waals surface area (Å²) in [6.07, 6.45) is 1.66. The first kappa shape index (κ1) is 16.0. The number of benzene rings is 2. The highest BCUT2D eigenvalue weighted by atomic mass is 19.1. The lowest BCUT2D eigenvalue weighted by atomic mass is 10.2. The Morgan fingerprint density at radius 2 is 1.75 bits per heavy atom. The minimum atomic E-state index is -0.369. The standard InChI is InChI=1S/C20H18FNO2/c1-15-7-8-20(19(21)11-15)24-14-17-12-18(9-10-22-17)23-13-16-5-3-2-4-6-16/h2-12H,13-14H2,1H3. The molecule has 24 heavy (non-hydrogen) atoms. The van der Waals surface area contributed by atoms with Gasteiger partial charge in [-0.3, -0.25) is 4.98 Å². The highest BCUT2D eigenvalue weighted by Gasteiger charge is 2.05. The molecule has 0 radical (unpaired) electrons. The van der Waals surface area contributed by atoms with Crippen LogP contribution in [0.5, 0.6) is 11.5 Å². The third-order valence-electron chi connectivity index (χ3n) is 3.50. The van der Waals surface area contributed by atoms with E-state index in [2.05, 4.69) is 4.98 Å². The Morgan fingerprint density at radius 3 is 2.54 bits per heavy atom. The Balaban J connectivity index is 1.60. The molecule has 0 amide bonds. The predicted octanol–water partition coefficient (Wildman–Crippen LogP) is 4.69. The molecular formula is C20H18FNO2. The summed E-state index contributed by atoms with van der Waals surface area (Å²) in [4.78, 5) is 4.23. The maximum atomic E-state index is 13.8. The number of rotatable bonds is 6. The van der Waals surface area contributed by atoms with Crippen molar-refractivity contribution in [2.45, 2.75) is 20.1 Å². The highest BCUT2D eigenvalue weighted by Crippen LogP contribution is 2.20. The van der Waals surface area contributed by atoms with E-state index < -0.39 is 0 Å². The van der Waals surface area contributed by atoms with Crippen molar-refractivity contribution in [2.75, 3.05) is 0 Å². The minimum absolute atomic E-state index is 0.183. The number of halogens is 1. The molecule has 0 bridgehead atoms. The maximum Gasteiger partial charge on any atom is 0.165 e. The van der Waals surface area contributed by atoms with E-state index in [-0.39, 0.29) is 18.2 Å². The highest BCUT2D eigenvalue weighted by molar-refractivity contribution is 5.29. The van der Waals surface area contributed by atoms with Crippen molar-refractivity contribution < 1.29 is 13.9 Å². The fourth-order valence-electron chi connectivity index (χ4n) is 2.24. The normalized spacial score (nSPS) is 10.4. The van der Waals surface area contributed by atoms with Gasteiger partial charge in [-0.05, 0) is 36.2 Å². The number of ether oxygens (including phenoxy) is 2. The van der Waals surface area contributed by atoms with E-state index in [1.165, 1.54) is 6.07 Å². The fraction of sp³-hybridized carbons (Fsp3) is 0.150. The van der Waals surface area contributed by atoms with Gasteiger partial charge < -0.3 is 9.47 Å². The van der Waals surface area contributed by atoms with Crippen molar-refractivity contribution in [2.24, 2.45) is 0 Å². The Hall–Kier alpha value is -2.88. The van der Waals surface area contributed by atoms with E-state index in [1.54, 1.807) is 24.4 Å². The molecule has 122 valence electrons. The van der Waals surface area contributed by atoms with Crippen molar-refractivity contribution in [3.8, 4) is 11.5 Å². The zero-order valence-electron chi connectivity index (χ0n) is 13.4. The number of nitrogens with zero attached hydrogens (tertiary/aromatic N) is 1. The molecule has 0 aliphatic rings. The summed E-state index contributed by atoms with van der Waals surface area (Å²) >= 11 is 0. The minimum Gasteiger partial charge on any atom is -0.489 e. The Labute approximate surface area is 140 Å². The smallest absolute Gasteiger partial charge is 0.165 e. The quantitative estimate of drug-likeness (QED) is 0.659. The van der Waals surface area contributed by atoms with Crippen LogP contribution >= 0.6 is 0 Å². The SMILES string of the molecule is Cc1ccc(OCc2cc(OCc3ccccc3)ccn2)c(F)c1. The first-order valence-electron chi connectivity index (χ1n) is 7.71. The van der Waals surface area contributed by atoms with Crippen LogP contribution in [0.25, 0.3) is 0 Å². The Morgan fingerprint density at radius 1 is 0.917 bits per heavy atom. The molecule has 4 heteroatoms. The molecular weight excluding hydrogens is 305 g/mol. The molecule has 3 rings (SSSR count). The van der Waals surface area contributed by atoms with Crippen LogP contribution in [-0.4, -0.2) is 4.98 Å². The average molecular weight is 323 g/mol. The van der Waals surface area contributed by atoms with Gasteiger partial charge >= 0.3 is 0 Å². The molecule has 3 aromatic rings. The molecule has 0 fully saturated rings. The summed E-state index contributed by atoms with van der Waals surface area (Å²) < 4.78 is 25.0. The van der Waals surface area contributed by atoms with Crippen LogP contribution < -0.4 is 9.47 Å². The van der Waals surface area contributed by atoms with E-state index in [0.717, 1.165) is 11.1 Å². The third kappa shape index (κ3) is 4.32. The van der Waals surface area contributed by atoms with Gasteiger partial charge in [0.05, 0.1) is 5.69 Å². The molecule has 0 spiro atoms. The van der Waals surface area contributed by atoms with Gasteiger partial charge in [-0.15, -0.1) is 0 Å². The zero-order chi connectivity index (χ0) is 16.8. The summed E-state index contributed by atoms with van der Waals surface area (Å²) in [5.74, 6) is 0.557. The fourth-order valence-corrected chi connectivity index (χ4v) is 2.24. The Bertz CT molecular complexity index is 806.